The summed E-state index contributed by atoms with van der Waals surface area (Å²) in [5, 5.41) is 12.0. The Bertz CT molecular complexity index is 2950. The molecule has 4 aromatic heterocycles. The van der Waals surface area contributed by atoms with E-state index >= 15 is 0 Å². The van der Waals surface area contributed by atoms with E-state index in [1.807, 2.05) is 18.2 Å². The van der Waals surface area contributed by atoms with Gasteiger partial charge >= 0.3 is 0 Å². The lowest BCUT2D eigenvalue weighted by atomic mass is 10.00. The topological polar surface area (TPSA) is 30.7 Å². The normalized spacial score (nSPS) is 12.7. The zero-order chi connectivity index (χ0) is 27.8. The summed E-state index contributed by atoms with van der Waals surface area (Å²) in [6.45, 7) is 0. The molecule has 0 N–H and O–H groups in total. The standard InChI is InChI=1S/C40H21NO2/c1-4-11-37-26(6-1)30-16-13-24-19-32-29-9-5-8-28-25-15-12-23(20-34(25)41(39(28)29)35(32)21-31(24)40(30)43-37)22-14-17-38-33(18-22)27-7-2-3-10-36(27)42-38/h1-21H. The third kappa shape index (κ3) is 2.70. The monoisotopic (exact) mass is 547 g/mol. The van der Waals surface area contributed by atoms with E-state index in [9.17, 15) is 0 Å². The number of fused-ring (bicyclic) bond motifs is 14. The first kappa shape index (κ1) is 21.9. The van der Waals surface area contributed by atoms with Gasteiger partial charge in [-0.25, -0.2) is 0 Å². The molecule has 0 fully saturated rings. The van der Waals surface area contributed by atoms with Gasteiger partial charge in [-0.05, 0) is 65.0 Å². The Morgan fingerprint density at radius 1 is 0.372 bits per heavy atom. The van der Waals surface area contributed by atoms with Crippen molar-refractivity contribution in [3.05, 3.63) is 127 Å². The molecule has 3 heteroatoms. The van der Waals surface area contributed by atoms with Crippen LogP contribution in [0.2, 0.25) is 0 Å². The molecular formula is C40H21NO2. The van der Waals surface area contributed by atoms with E-state index < -0.39 is 0 Å². The van der Waals surface area contributed by atoms with Crippen LogP contribution < -0.4 is 0 Å². The number of furan rings is 2. The molecule has 11 aromatic rings. The van der Waals surface area contributed by atoms with Crippen molar-refractivity contribution in [2.24, 2.45) is 0 Å². The average Bonchev–Trinajstić information content (AvgIpc) is 3.80. The van der Waals surface area contributed by atoms with Crippen LogP contribution in [-0.2, 0) is 0 Å². The van der Waals surface area contributed by atoms with Crippen LogP contribution >= 0.6 is 0 Å². The van der Waals surface area contributed by atoms with Crippen molar-refractivity contribution in [2.75, 3.05) is 0 Å². The van der Waals surface area contributed by atoms with Crippen molar-refractivity contribution >= 4 is 92.7 Å². The first-order valence-electron chi connectivity index (χ1n) is 14.7. The fourth-order valence-electron chi connectivity index (χ4n) is 7.56. The lowest BCUT2D eigenvalue weighted by molar-refractivity contribution is 0.669. The van der Waals surface area contributed by atoms with Crippen LogP contribution in [0.25, 0.3) is 104 Å². The van der Waals surface area contributed by atoms with Crippen molar-refractivity contribution in [3.8, 4) is 11.1 Å². The summed E-state index contributed by atoms with van der Waals surface area (Å²) in [4.78, 5) is 0. The molecule has 0 aliphatic carbocycles. The Morgan fingerprint density at radius 3 is 1.91 bits per heavy atom. The molecule has 0 aliphatic heterocycles. The SMILES string of the molecule is c1ccc2c(c1)oc1ccc(-c3ccc4c5cccc6c7cc8ccc9c%10ccccc%10oc9c8cc7n(c4c3)c56)cc12. The molecule has 43 heavy (non-hydrogen) atoms. The van der Waals surface area contributed by atoms with Gasteiger partial charge in [0.25, 0.3) is 0 Å². The fraction of sp³-hybridized carbons (Fsp3) is 0. The highest BCUT2D eigenvalue weighted by atomic mass is 16.3. The number of hydrogen-bond acceptors (Lipinski definition) is 2. The summed E-state index contributed by atoms with van der Waals surface area (Å²) in [5.41, 5.74) is 9.78. The Balaban J connectivity index is 1.24. The molecule has 4 heterocycles. The Morgan fingerprint density at radius 2 is 1.02 bits per heavy atom. The maximum absolute atomic E-state index is 6.46. The van der Waals surface area contributed by atoms with Gasteiger partial charge < -0.3 is 13.2 Å². The maximum atomic E-state index is 6.46. The Labute approximate surface area is 244 Å². The van der Waals surface area contributed by atoms with Crippen LogP contribution in [0.1, 0.15) is 0 Å². The second kappa shape index (κ2) is 7.53. The van der Waals surface area contributed by atoms with Gasteiger partial charge in [0.2, 0.25) is 0 Å². The molecule has 0 amide bonds. The summed E-state index contributed by atoms with van der Waals surface area (Å²) in [6.07, 6.45) is 0. The number of hydrogen-bond donors (Lipinski definition) is 0. The number of para-hydroxylation sites is 3. The van der Waals surface area contributed by atoms with Gasteiger partial charge in [-0.2, -0.15) is 0 Å². The van der Waals surface area contributed by atoms with Gasteiger partial charge in [-0.15, -0.1) is 0 Å². The average molecular weight is 548 g/mol. The van der Waals surface area contributed by atoms with E-state index in [0.717, 1.165) is 49.3 Å². The lowest BCUT2D eigenvalue weighted by Crippen LogP contribution is -1.84. The predicted molar refractivity (Wildman–Crippen MR) is 179 cm³/mol. The highest BCUT2D eigenvalue weighted by molar-refractivity contribution is 6.26. The van der Waals surface area contributed by atoms with Gasteiger partial charge in [-0.3, -0.25) is 0 Å². The molecule has 0 atom stereocenters. The number of rotatable bonds is 1. The third-order valence-electron chi connectivity index (χ3n) is 9.51. The largest absolute Gasteiger partial charge is 0.456 e. The van der Waals surface area contributed by atoms with Gasteiger partial charge in [-0.1, -0.05) is 78.9 Å². The van der Waals surface area contributed by atoms with Crippen molar-refractivity contribution in [2.45, 2.75) is 0 Å². The first-order chi connectivity index (χ1) is 21.3. The Hall–Kier alpha value is -5.80. The lowest BCUT2D eigenvalue weighted by Gasteiger charge is -2.05. The summed E-state index contributed by atoms with van der Waals surface area (Å²) in [5.74, 6) is 0. The molecule has 3 nitrogen and oxygen atoms in total. The molecule has 0 aliphatic rings. The van der Waals surface area contributed by atoms with E-state index in [1.54, 1.807) is 0 Å². The van der Waals surface area contributed by atoms with Crippen LogP contribution in [0, 0.1) is 0 Å². The van der Waals surface area contributed by atoms with Gasteiger partial charge in [0.05, 0.1) is 16.6 Å². The number of aromatic nitrogens is 1. The van der Waals surface area contributed by atoms with Gasteiger partial charge in [0.1, 0.15) is 22.3 Å². The summed E-state index contributed by atoms with van der Waals surface area (Å²) in [6, 6.07) is 45.8. The van der Waals surface area contributed by atoms with E-state index in [-0.39, 0.29) is 0 Å². The molecule has 0 spiro atoms. The number of nitrogens with zero attached hydrogens (tertiary/aromatic N) is 1. The molecule has 0 saturated carbocycles. The van der Waals surface area contributed by atoms with Crippen LogP contribution in [-0.4, -0.2) is 4.40 Å². The van der Waals surface area contributed by atoms with Crippen LogP contribution in [0.15, 0.2) is 136 Å². The van der Waals surface area contributed by atoms with Crippen LogP contribution in [0.5, 0.6) is 0 Å². The van der Waals surface area contributed by atoms with E-state index in [4.69, 9.17) is 8.83 Å². The van der Waals surface area contributed by atoms with Crippen LogP contribution in [0.4, 0.5) is 0 Å². The molecule has 198 valence electrons. The van der Waals surface area contributed by atoms with E-state index in [1.165, 1.54) is 54.6 Å². The molecular weight excluding hydrogens is 526 g/mol. The molecule has 7 aromatic carbocycles. The summed E-state index contributed by atoms with van der Waals surface area (Å²) in [7, 11) is 0. The maximum Gasteiger partial charge on any atom is 0.143 e. The highest BCUT2D eigenvalue weighted by Gasteiger charge is 2.20. The summed E-state index contributed by atoms with van der Waals surface area (Å²) >= 11 is 0. The summed E-state index contributed by atoms with van der Waals surface area (Å²) < 4.78 is 15.0. The zero-order valence-corrected chi connectivity index (χ0v) is 22.9. The molecule has 0 radical (unpaired) electrons. The van der Waals surface area contributed by atoms with Crippen molar-refractivity contribution < 1.29 is 8.83 Å². The predicted octanol–water partition coefficient (Wildman–Crippen LogP) is 11.5. The third-order valence-corrected chi connectivity index (χ3v) is 9.51. The van der Waals surface area contributed by atoms with Crippen molar-refractivity contribution in [1.29, 1.82) is 0 Å². The quantitative estimate of drug-likeness (QED) is 0.205. The first-order valence-corrected chi connectivity index (χ1v) is 14.7. The molecule has 0 unspecified atom stereocenters. The minimum atomic E-state index is 0.917. The van der Waals surface area contributed by atoms with Crippen LogP contribution in [0.3, 0.4) is 0 Å². The molecule has 0 bridgehead atoms. The van der Waals surface area contributed by atoms with E-state index in [0.29, 0.717) is 0 Å². The second-order valence-electron chi connectivity index (χ2n) is 11.7. The molecule has 11 rings (SSSR count). The smallest absolute Gasteiger partial charge is 0.143 e. The fourth-order valence-corrected chi connectivity index (χ4v) is 7.56. The molecule has 0 saturated heterocycles. The minimum absolute atomic E-state index is 0.917. The minimum Gasteiger partial charge on any atom is -0.456 e. The van der Waals surface area contributed by atoms with E-state index in [2.05, 4.69) is 114 Å². The number of benzene rings is 7. The highest BCUT2D eigenvalue weighted by Crippen LogP contribution is 2.43. The second-order valence-corrected chi connectivity index (χ2v) is 11.7. The van der Waals surface area contributed by atoms with Gasteiger partial charge in [0.15, 0.2) is 0 Å². The Kier molecular flexibility index (Phi) is 3.83. The zero-order valence-electron chi connectivity index (χ0n) is 22.9. The van der Waals surface area contributed by atoms with Gasteiger partial charge in [0, 0.05) is 48.5 Å². The van der Waals surface area contributed by atoms with Crippen molar-refractivity contribution in [3.63, 3.8) is 0 Å². The van der Waals surface area contributed by atoms with Crippen molar-refractivity contribution in [1.82, 2.24) is 4.40 Å².